The van der Waals surface area contributed by atoms with Crippen LogP contribution in [0.25, 0.3) is 11.2 Å². The minimum atomic E-state index is -1.34. The van der Waals surface area contributed by atoms with E-state index in [2.05, 4.69) is 25.9 Å². The zero-order valence-corrected chi connectivity index (χ0v) is 27.6. The molecule has 218 valence electrons. The molecule has 16 heteroatoms. The summed E-state index contributed by atoms with van der Waals surface area (Å²) in [5.74, 6) is -0.351. The number of nitrogens with two attached hydrogens (primary N) is 1. The molecule has 3 aromatic rings. The molecule has 1 saturated heterocycles. The number of anilines is 1. The van der Waals surface area contributed by atoms with Gasteiger partial charge in [0.05, 0.1) is 6.42 Å². The van der Waals surface area contributed by atoms with Crippen molar-refractivity contribution in [2.24, 2.45) is 5.92 Å². The summed E-state index contributed by atoms with van der Waals surface area (Å²) in [7, 11) is 0. The number of benzene rings is 1. The maximum atomic E-state index is 12.8. The summed E-state index contributed by atoms with van der Waals surface area (Å²) < 4.78 is 19.0. The first-order valence-electron chi connectivity index (χ1n) is 13.1. The van der Waals surface area contributed by atoms with Crippen LogP contribution in [0.2, 0.25) is 0 Å². The number of likely N-dealkylation sites (tertiary alicyclic amines) is 1. The number of aromatic nitrogens is 4. The van der Waals surface area contributed by atoms with Gasteiger partial charge in [0.25, 0.3) is 5.91 Å². The van der Waals surface area contributed by atoms with E-state index in [9.17, 15) is 19.5 Å². The predicted molar refractivity (Wildman–Crippen MR) is 148 cm³/mol. The largest absolute Gasteiger partial charge is 1.00 e. The van der Waals surface area contributed by atoms with Gasteiger partial charge in [0.1, 0.15) is 6.33 Å². The van der Waals surface area contributed by atoms with Crippen molar-refractivity contribution in [3.8, 4) is 11.5 Å². The van der Waals surface area contributed by atoms with Crippen molar-refractivity contribution in [1.82, 2.24) is 24.4 Å². The van der Waals surface area contributed by atoms with Crippen LogP contribution in [0, 0.1) is 5.92 Å². The van der Waals surface area contributed by atoms with E-state index in [1.54, 1.807) is 4.90 Å². The van der Waals surface area contributed by atoms with Gasteiger partial charge in [0.15, 0.2) is 39.7 Å². The molecule has 0 aliphatic carbocycles. The summed E-state index contributed by atoms with van der Waals surface area (Å²) in [6.45, 7) is 3.40. The molecule has 13 nitrogen and oxygen atoms in total. The number of fused-ring (bicyclic) bond motifs is 2. The summed E-state index contributed by atoms with van der Waals surface area (Å²) in [5.41, 5.74) is 7.31. The molecule has 2 aliphatic rings. The monoisotopic (exact) mass is 670 g/mol. The fraction of sp³-hybridized carbons (Fsp3) is 0.462. The number of carbonyl (C=O) groups excluding carboxylic acids is 3. The van der Waals surface area contributed by atoms with Gasteiger partial charge in [-0.25, -0.2) is 15.0 Å². The Morgan fingerprint density at radius 2 is 1.90 bits per heavy atom. The minimum absolute atomic E-state index is 0. The molecule has 0 spiro atoms. The van der Waals surface area contributed by atoms with Crippen LogP contribution in [0.5, 0.6) is 11.5 Å². The van der Waals surface area contributed by atoms with Crippen molar-refractivity contribution in [1.29, 1.82) is 0 Å². The average molecular weight is 672 g/mol. The SMILES string of the molecule is C[C@H](OC(=O)CCC(=O)[O-])C(=O)N1CCC(CCn2c(Sc3cc4c(cc3Br)OCO4)nc3c(N)ncnc32)CC1.[Na+]. The van der Waals surface area contributed by atoms with Crippen molar-refractivity contribution >= 4 is 62.5 Å². The molecule has 0 saturated carbocycles. The van der Waals surface area contributed by atoms with Gasteiger partial charge in [-0.15, -0.1) is 0 Å². The molecule has 0 unspecified atom stereocenters. The first kappa shape index (κ1) is 32.3. The minimum Gasteiger partial charge on any atom is -0.550 e. The second-order valence-corrected chi connectivity index (χ2v) is 11.6. The quantitative estimate of drug-likeness (QED) is 0.209. The fourth-order valence-corrected chi connectivity index (χ4v) is 6.32. The van der Waals surface area contributed by atoms with Gasteiger partial charge in [0, 0.05) is 35.0 Å². The summed E-state index contributed by atoms with van der Waals surface area (Å²) in [5, 5.41) is 11.3. The van der Waals surface area contributed by atoms with E-state index in [1.807, 2.05) is 16.7 Å². The van der Waals surface area contributed by atoms with Crippen LogP contribution in [0.3, 0.4) is 0 Å². The van der Waals surface area contributed by atoms with Crippen molar-refractivity contribution in [3.63, 3.8) is 0 Å². The van der Waals surface area contributed by atoms with Gasteiger partial charge in [0.2, 0.25) is 6.79 Å². The van der Waals surface area contributed by atoms with Gasteiger partial charge in [-0.2, -0.15) is 0 Å². The second kappa shape index (κ2) is 14.3. The number of aryl methyl sites for hydroxylation is 1. The van der Waals surface area contributed by atoms with Crippen LogP contribution in [-0.4, -0.2) is 68.3 Å². The molecule has 2 N–H and O–H groups in total. The maximum absolute atomic E-state index is 12.8. The Bertz CT molecular complexity index is 1480. The number of hydrogen-bond acceptors (Lipinski definition) is 12. The van der Waals surface area contributed by atoms with E-state index >= 15 is 0 Å². The standard InChI is InChI=1S/C26H29BrN6O7S.Na/c1-14(40-21(36)3-2-20(34)35)25(37)32-7-4-15(5-8-32)6-9-33-24-22(23(28)29-12-30-24)31-26(33)41-19-11-18-17(10-16(19)27)38-13-39-18;/h10-12,14-15H,2-9,13H2,1H3,(H,34,35)(H2,28,29,30);/q;+1/p-1/t14-;/m0./s1. The number of aliphatic carboxylic acids is 1. The number of rotatable bonds is 10. The number of nitrogen functional groups attached to an aromatic ring is 1. The Labute approximate surface area is 276 Å². The molecule has 0 radical (unpaired) electrons. The molecule has 1 amide bonds. The van der Waals surface area contributed by atoms with Crippen LogP contribution in [-0.2, 0) is 25.7 Å². The molecule has 1 aromatic carbocycles. The summed E-state index contributed by atoms with van der Waals surface area (Å²) >= 11 is 5.07. The Morgan fingerprint density at radius 1 is 1.19 bits per heavy atom. The Morgan fingerprint density at radius 3 is 2.62 bits per heavy atom. The second-order valence-electron chi connectivity index (χ2n) is 9.78. The van der Waals surface area contributed by atoms with Crippen LogP contribution in [0.4, 0.5) is 5.82 Å². The third kappa shape index (κ3) is 7.48. The zero-order chi connectivity index (χ0) is 29.1. The number of imidazole rings is 1. The van der Waals surface area contributed by atoms with E-state index in [4.69, 9.17) is 24.9 Å². The Hall–Kier alpha value is -2.59. The molecule has 42 heavy (non-hydrogen) atoms. The molecule has 1 atom stereocenters. The van der Waals surface area contributed by atoms with E-state index < -0.39 is 24.5 Å². The number of halogens is 1. The zero-order valence-electron chi connectivity index (χ0n) is 23.2. The summed E-state index contributed by atoms with van der Waals surface area (Å²) in [6, 6.07) is 3.78. The number of piperidine rings is 1. The summed E-state index contributed by atoms with van der Waals surface area (Å²) in [6.07, 6.45) is 2.10. The van der Waals surface area contributed by atoms with Crippen LogP contribution < -0.4 is 49.9 Å². The normalized spacial score (nSPS) is 15.3. The van der Waals surface area contributed by atoms with Gasteiger partial charge in [-0.3, -0.25) is 9.59 Å². The number of ether oxygens (including phenoxy) is 3. The third-order valence-corrected chi connectivity index (χ3v) is 9.00. The number of amides is 1. The Balaban J connectivity index is 0.00000405. The van der Waals surface area contributed by atoms with Crippen LogP contribution >= 0.6 is 27.7 Å². The van der Waals surface area contributed by atoms with Crippen molar-refractivity contribution < 1.29 is 63.3 Å². The van der Waals surface area contributed by atoms with Gasteiger partial charge >= 0.3 is 35.5 Å². The first-order valence-corrected chi connectivity index (χ1v) is 14.7. The third-order valence-electron chi connectivity index (χ3n) is 7.03. The van der Waals surface area contributed by atoms with E-state index in [0.29, 0.717) is 59.2 Å². The van der Waals surface area contributed by atoms with Crippen molar-refractivity contribution in [3.05, 3.63) is 22.9 Å². The molecule has 2 aromatic heterocycles. The predicted octanol–water partition coefficient (Wildman–Crippen LogP) is -0.855. The van der Waals surface area contributed by atoms with Crippen molar-refractivity contribution in [2.75, 3.05) is 25.6 Å². The molecule has 1 fully saturated rings. The van der Waals surface area contributed by atoms with Crippen molar-refractivity contribution in [2.45, 2.75) is 61.7 Å². The Kier molecular flexibility index (Phi) is 11.0. The van der Waals surface area contributed by atoms with E-state index in [1.165, 1.54) is 25.0 Å². The average Bonchev–Trinajstić information content (AvgIpc) is 3.55. The molecule has 5 rings (SSSR count). The van der Waals surface area contributed by atoms with Gasteiger partial charge in [-0.1, -0.05) is 11.8 Å². The molecular formula is C26H28BrN6NaO7S. The van der Waals surface area contributed by atoms with Crippen LogP contribution in [0.1, 0.15) is 39.0 Å². The van der Waals surface area contributed by atoms with Gasteiger partial charge in [-0.05, 0) is 66.6 Å². The molecule has 0 bridgehead atoms. The maximum Gasteiger partial charge on any atom is 1.00 e. The van der Waals surface area contributed by atoms with Crippen LogP contribution in [0.15, 0.2) is 33.0 Å². The van der Waals surface area contributed by atoms with Gasteiger partial charge < -0.3 is 39.3 Å². The number of carbonyl (C=O) groups is 3. The number of esters is 1. The van der Waals surface area contributed by atoms with E-state index in [-0.39, 0.29) is 48.7 Å². The fourth-order valence-electron chi connectivity index (χ4n) is 4.81. The van der Waals surface area contributed by atoms with E-state index in [0.717, 1.165) is 28.6 Å². The summed E-state index contributed by atoms with van der Waals surface area (Å²) in [4.78, 5) is 51.0. The number of carboxylic acid groups (broad SMARTS) is 1. The number of nitrogens with zero attached hydrogens (tertiary/aromatic N) is 5. The molecule has 2 aliphatic heterocycles. The molecular weight excluding hydrogens is 643 g/mol. The smallest absolute Gasteiger partial charge is 0.550 e. The first-order chi connectivity index (χ1) is 19.7. The topological polar surface area (TPSA) is 175 Å². The molecule has 4 heterocycles. The number of hydrogen-bond donors (Lipinski definition) is 1. The number of carboxylic acids is 1.